The standard InChI is InChI=1S/C15H22N2O2S/c1-19-13-6-4-12(5-7-13)17-14(18)10-16-11-15(20-2)8-3-9-15/h4-7,16H,3,8-11H2,1-2H3,(H,17,18). The van der Waals surface area contributed by atoms with Crippen LogP contribution in [0.5, 0.6) is 5.75 Å². The molecule has 1 aliphatic rings. The zero-order chi connectivity index (χ0) is 14.4. The van der Waals surface area contributed by atoms with Crippen LogP contribution in [0.2, 0.25) is 0 Å². The lowest BCUT2D eigenvalue weighted by Crippen LogP contribution is -2.45. The van der Waals surface area contributed by atoms with E-state index >= 15 is 0 Å². The number of methoxy groups -OCH3 is 1. The van der Waals surface area contributed by atoms with Crippen LogP contribution in [0, 0.1) is 0 Å². The average molecular weight is 294 g/mol. The second-order valence-electron chi connectivity index (χ2n) is 5.12. The molecule has 1 saturated carbocycles. The van der Waals surface area contributed by atoms with E-state index in [1.165, 1.54) is 19.3 Å². The summed E-state index contributed by atoms with van der Waals surface area (Å²) in [5.74, 6) is 0.777. The molecule has 1 aromatic carbocycles. The van der Waals surface area contributed by atoms with Crippen LogP contribution in [0.1, 0.15) is 19.3 Å². The van der Waals surface area contributed by atoms with Gasteiger partial charge in [-0.25, -0.2) is 0 Å². The minimum Gasteiger partial charge on any atom is -0.497 e. The maximum Gasteiger partial charge on any atom is 0.238 e. The number of carbonyl (C=O) groups excluding carboxylic acids is 1. The quantitative estimate of drug-likeness (QED) is 0.811. The van der Waals surface area contributed by atoms with Gasteiger partial charge in [-0.1, -0.05) is 6.42 Å². The molecule has 1 amide bonds. The van der Waals surface area contributed by atoms with Crippen molar-refractivity contribution in [2.75, 3.05) is 31.8 Å². The summed E-state index contributed by atoms with van der Waals surface area (Å²) in [5, 5.41) is 6.13. The van der Waals surface area contributed by atoms with Gasteiger partial charge in [-0.15, -0.1) is 0 Å². The first-order valence-electron chi connectivity index (χ1n) is 6.87. The molecular formula is C15H22N2O2S. The van der Waals surface area contributed by atoms with Crippen LogP contribution in [0.25, 0.3) is 0 Å². The Morgan fingerprint density at radius 3 is 2.55 bits per heavy atom. The molecule has 2 rings (SSSR count). The van der Waals surface area contributed by atoms with Crippen molar-refractivity contribution in [2.45, 2.75) is 24.0 Å². The van der Waals surface area contributed by atoms with Gasteiger partial charge >= 0.3 is 0 Å². The highest BCUT2D eigenvalue weighted by Crippen LogP contribution is 2.42. The van der Waals surface area contributed by atoms with Gasteiger partial charge in [-0.3, -0.25) is 4.79 Å². The third-order valence-corrected chi connectivity index (χ3v) is 5.22. The van der Waals surface area contributed by atoms with Crippen molar-refractivity contribution in [3.05, 3.63) is 24.3 Å². The Hall–Kier alpha value is -1.20. The fraction of sp³-hybridized carbons (Fsp3) is 0.533. The molecule has 0 atom stereocenters. The van der Waals surface area contributed by atoms with Crippen LogP contribution in [-0.4, -0.2) is 37.1 Å². The Kier molecular flexibility index (Phi) is 5.31. The smallest absolute Gasteiger partial charge is 0.238 e. The number of nitrogens with one attached hydrogen (secondary N) is 2. The average Bonchev–Trinajstić information content (AvgIpc) is 2.43. The Balaban J connectivity index is 1.72. The largest absolute Gasteiger partial charge is 0.497 e. The summed E-state index contributed by atoms with van der Waals surface area (Å²) in [4.78, 5) is 11.8. The topological polar surface area (TPSA) is 50.4 Å². The number of benzene rings is 1. The monoisotopic (exact) mass is 294 g/mol. The molecule has 0 radical (unpaired) electrons. The van der Waals surface area contributed by atoms with Gasteiger partial charge in [0.25, 0.3) is 0 Å². The fourth-order valence-electron chi connectivity index (χ4n) is 2.31. The van der Waals surface area contributed by atoms with Crippen LogP contribution >= 0.6 is 11.8 Å². The van der Waals surface area contributed by atoms with Crippen molar-refractivity contribution < 1.29 is 9.53 Å². The molecule has 1 aromatic rings. The number of hydrogen-bond acceptors (Lipinski definition) is 4. The van der Waals surface area contributed by atoms with Crippen LogP contribution < -0.4 is 15.4 Å². The SMILES string of the molecule is COc1ccc(NC(=O)CNCC2(SC)CCC2)cc1. The van der Waals surface area contributed by atoms with E-state index in [1.54, 1.807) is 7.11 Å². The minimum atomic E-state index is -0.00857. The van der Waals surface area contributed by atoms with Gasteiger partial charge in [0.2, 0.25) is 5.91 Å². The molecule has 5 heteroatoms. The number of amides is 1. The number of ether oxygens (including phenoxy) is 1. The molecule has 0 saturated heterocycles. The van der Waals surface area contributed by atoms with Crippen LogP contribution in [-0.2, 0) is 4.79 Å². The van der Waals surface area contributed by atoms with Gasteiger partial charge in [-0.2, -0.15) is 11.8 Å². The zero-order valence-corrected chi connectivity index (χ0v) is 12.9. The van der Waals surface area contributed by atoms with Crippen molar-refractivity contribution >= 4 is 23.4 Å². The third kappa shape index (κ3) is 3.90. The molecule has 110 valence electrons. The molecule has 0 unspecified atom stereocenters. The highest BCUT2D eigenvalue weighted by Gasteiger charge is 2.35. The lowest BCUT2D eigenvalue weighted by atomic mass is 9.84. The van der Waals surface area contributed by atoms with Crippen LogP contribution in [0.3, 0.4) is 0 Å². The number of hydrogen-bond donors (Lipinski definition) is 2. The molecule has 0 heterocycles. The van der Waals surface area contributed by atoms with Crippen LogP contribution in [0.15, 0.2) is 24.3 Å². The van der Waals surface area contributed by atoms with Crippen molar-refractivity contribution in [3.8, 4) is 5.75 Å². The Labute approximate surface area is 124 Å². The number of anilines is 1. The summed E-state index contributed by atoms with van der Waals surface area (Å²) in [6.07, 6.45) is 5.96. The Bertz CT molecular complexity index is 438. The second-order valence-corrected chi connectivity index (χ2v) is 6.40. The summed E-state index contributed by atoms with van der Waals surface area (Å²) in [5.41, 5.74) is 0.792. The van der Waals surface area contributed by atoms with E-state index < -0.39 is 0 Å². The summed E-state index contributed by atoms with van der Waals surface area (Å²) in [7, 11) is 1.62. The molecule has 20 heavy (non-hydrogen) atoms. The van der Waals surface area contributed by atoms with E-state index in [0.717, 1.165) is 18.0 Å². The number of carbonyl (C=O) groups is 1. The first-order valence-corrected chi connectivity index (χ1v) is 8.10. The molecule has 1 aliphatic carbocycles. The predicted octanol–water partition coefficient (Wildman–Crippen LogP) is 2.51. The van der Waals surface area contributed by atoms with Crippen molar-refractivity contribution in [1.82, 2.24) is 5.32 Å². The highest BCUT2D eigenvalue weighted by molar-refractivity contribution is 8.00. The molecular weight excluding hydrogens is 272 g/mol. The maximum absolute atomic E-state index is 11.8. The molecule has 0 aromatic heterocycles. The second kappa shape index (κ2) is 6.99. The molecule has 4 nitrogen and oxygen atoms in total. The summed E-state index contributed by atoms with van der Waals surface area (Å²) in [6.45, 7) is 1.26. The summed E-state index contributed by atoms with van der Waals surface area (Å²) in [6, 6.07) is 7.35. The third-order valence-electron chi connectivity index (χ3n) is 3.80. The zero-order valence-electron chi connectivity index (χ0n) is 12.1. The van der Waals surface area contributed by atoms with Gasteiger partial charge in [0.05, 0.1) is 13.7 Å². The van der Waals surface area contributed by atoms with Gasteiger partial charge in [0.15, 0.2) is 0 Å². The lowest BCUT2D eigenvalue weighted by molar-refractivity contribution is -0.115. The van der Waals surface area contributed by atoms with E-state index in [4.69, 9.17) is 4.74 Å². The molecule has 0 spiro atoms. The van der Waals surface area contributed by atoms with Gasteiger partial charge in [0, 0.05) is 17.0 Å². The van der Waals surface area contributed by atoms with E-state index in [-0.39, 0.29) is 5.91 Å². The first kappa shape index (κ1) is 15.2. The fourth-order valence-corrected chi connectivity index (χ4v) is 3.25. The van der Waals surface area contributed by atoms with E-state index in [2.05, 4.69) is 16.9 Å². The minimum absolute atomic E-state index is 0.00857. The molecule has 0 bridgehead atoms. The van der Waals surface area contributed by atoms with Crippen LogP contribution in [0.4, 0.5) is 5.69 Å². The Morgan fingerprint density at radius 1 is 1.35 bits per heavy atom. The normalized spacial score (nSPS) is 16.3. The number of rotatable bonds is 7. The van der Waals surface area contributed by atoms with Gasteiger partial charge < -0.3 is 15.4 Å². The van der Waals surface area contributed by atoms with E-state index in [1.807, 2.05) is 36.0 Å². The van der Waals surface area contributed by atoms with Crippen molar-refractivity contribution in [2.24, 2.45) is 0 Å². The first-order chi connectivity index (χ1) is 9.67. The lowest BCUT2D eigenvalue weighted by Gasteiger charge is -2.40. The molecule has 0 aliphatic heterocycles. The molecule has 2 N–H and O–H groups in total. The van der Waals surface area contributed by atoms with E-state index in [9.17, 15) is 4.79 Å². The predicted molar refractivity (Wildman–Crippen MR) is 84.6 cm³/mol. The van der Waals surface area contributed by atoms with Crippen molar-refractivity contribution in [3.63, 3.8) is 0 Å². The van der Waals surface area contributed by atoms with Crippen molar-refractivity contribution in [1.29, 1.82) is 0 Å². The summed E-state index contributed by atoms with van der Waals surface area (Å²) >= 11 is 1.91. The van der Waals surface area contributed by atoms with E-state index in [0.29, 0.717) is 11.3 Å². The van der Waals surface area contributed by atoms with Gasteiger partial charge in [-0.05, 0) is 43.4 Å². The summed E-state index contributed by atoms with van der Waals surface area (Å²) < 4.78 is 5.44. The number of thioether (sulfide) groups is 1. The Morgan fingerprint density at radius 2 is 2.05 bits per heavy atom. The van der Waals surface area contributed by atoms with Gasteiger partial charge in [0.1, 0.15) is 5.75 Å². The maximum atomic E-state index is 11.8. The molecule has 1 fully saturated rings. The highest BCUT2D eigenvalue weighted by atomic mass is 32.2.